The summed E-state index contributed by atoms with van der Waals surface area (Å²) in [6, 6.07) is 20.0. The lowest BCUT2D eigenvalue weighted by molar-refractivity contribution is -0.164. The Hall–Kier alpha value is -2.92. The summed E-state index contributed by atoms with van der Waals surface area (Å²) in [6.07, 6.45) is 5.77. The molecule has 0 spiro atoms. The van der Waals surface area contributed by atoms with E-state index in [1.807, 2.05) is 81.5 Å². The van der Waals surface area contributed by atoms with Crippen molar-refractivity contribution in [1.29, 1.82) is 0 Å². The SMILES string of the molecule is CC(C)C[C@@H](C(=O)NNCCc1ccccc1)[C@H](CC=Cc1ccccc1)C(=O)OC(C)(C)C. The average molecular weight is 465 g/mol. The maximum Gasteiger partial charge on any atom is 0.310 e. The smallest absolute Gasteiger partial charge is 0.310 e. The van der Waals surface area contributed by atoms with Crippen LogP contribution in [0.3, 0.4) is 0 Å². The second kappa shape index (κ2) is 13.7. The highest BCUT2D eigenvalue weighted by Gasteiger charge is 2.36. The van der Waals surface area contributed by atoms with Gasteiger partial charge >= 0.3 is 5.97 Å². The number of hydrogen-bond acceptors (Lipinski definition) is 4. The highest BCUT2D eigenvalue weighted by atomic mass is 16.6. The standard InChI is InChI=1S/C29H40N2O3/c1-22(2)21-26(27(32)31-30-20-19-24-15-10-7-11-16-24)25(28(33)34-29(3,4)5)18-12-17-23-13-8-6-9-14-23/h6-17,22,25-26,30H,18-21H2,1-5H3,(H,31,32)/t25-,26+/m0/s1. The number of carbonyl (C=O) groups is 2. The minimum Gasteiger partial charge on any atom is -0.460 e. The summed E-state index contributed by atoms with van der Waals surface area (Å²) in [5.41, 5.74) is 7.51. The molecule has 0 aliphatic carbocycles. The molecule has 2 N–H and O–H groups in total. The molecule has 0 fully saturated rings. The summed E-state index contributed by atoms with van der Waals surface area (Å²) < 4.78 is 5.73. The minimum absolute atomic E-state index is 0.175. The van der Waals surface area contributed by atoms with Crippen LogP contribution in [0.25, 0.3) is 6.08 Å². The van der Waals surface area contributed by atoms with Crippen molar-refractivity contribution in [1.82, 2.24) is 10.9 Å². The van der Waals surface area contributed by atoms with E-state index in [0.29, 0.717) is 19.4 Å². The Morgan fingerprint density at radius 1 is 0.941 bits per heavy atom. The average Bonchev–Trinajstić information content (AvgIpc) is 2.78. The number of carbonyl (C=O) groups excluding carboxylic acids is 2. The van der Waals surface area contributed by atoms with Crippen molar-refractivity contribution >= 4 is 18.0 Å². The predicted octanol–water partition coefficient (Wildman–Crippen LogP) is 5.57. The number of rotatable bonds is 12. The van der Waals surface area contributed by atoms with Gasteiger partial charge in [0.25, 0.3) is 0 Å². The zero-order valence-corrected chi connectivity index (χ0v) is 21.2. The van der Waals surface area contributed by atoms with E-state index in [9.17, 15) is 9.59 Å². The third-order valence-corrected chi connectivity index (χ3v) is 5.35. The molecule has 0 aromatic heterocycles. The number of allylic oxidation sites excluding steroid dienone is 1. The van der Waals surface area contributed by atoms with E-state index in [4.69, 9.17) is 4.74 Å². The van der Waals surface area contributed by atoms with E-state index < -0.39 is 17.4 Å². The third kappa shape index (κ3) is 10.3. The van der Waals surface area contributed by atoms with Gasteiger partial charge in [-0.15, -0.1) is 0 Å². The topological polar surface area (TPSA) is 67.4 Å². The van der Waals surface area contributed by atoms with Gasteiger partial charge < -0.3 is 4.74 Å². The Kier molecular flexibility index (Phi) is 11.0. The van der Waals surface area contributed by atoms with Gasteiger partial charge in [-0.2, -0.15) is 0 Å². The lowest BCUT2D eigenvalue weighted by Crippen LogP contribution is -2.46. The summed E-state index contributed by atoms with van der Waals surface area (Å²) in [5.74, 6) is -1.33. The van der Waals surface area contributed by atoms with Gasteiger partial charge in [0.2, 0.25) is 5.91 Å². The molecule has 0 aliphatic rings. The monoisotopic (exact) mass is 464 g/mol. The second-order valence-electron chi connectivity index (χ2n) is 10.1. The molecule has 34 heavy (non-hydrogen) atoms. The minimum atomic E-state index is -0.620. The molecule has 0 unspecified atom stereocenters. The van der Waals surface area contributed by atoms with E-state index in [2.05, 4.69) is 36.8 Å². The molecular formula is C29H40N2O3. The van der Waals surface area contributed by atoms with E-state index in [0.717, 1.165) is 12.0 Å². The van der Waals surface area contributed by atoms with Gasteiger partial charge in [-0.1, -0.05) is 86.7 Å². The molecule has 0 radical (unpaired) electrons. The van der Waals surface area contributed by atoms with Crippen molar-refractivity contribution in [3.8, 4) is 0 Å². The number of esters is 1. The Bertz CT molecular complexity index is 902. The first-order chi connectivity index (χ1) is 16.2. The van der Waals surface area contributed by atoms with Crippen LogP contribution in [0.15, 0.2) is 66.7 Å². The largest absolute Gasteiger partial charge is 0.460 e. The highest BCUT2D eigenvalue weighted by molar-refractivity contribution is 5.85. The van der Waals surface area contributed by atoms with E-state index in [1.54, 1.807) is 0 Å². The number of hydrazine groups is 1. The van der Waals surface area contributed by atoms with Crippen LogP contribution < -0.4 is 10.9 Å². The summed E-state index contributed by atoms with van der Waals surface area (Å²) in [5, 5.41) is 0. The van der Waals surface area contributed by atoms with Crippen molar-refractivity contribution < 1.29 is 14.3 Å². The molecule has 2 aromatic carbocycles. The molecule has 0 saturated carbocycles. The van der Waals surface area contributed by atoms with Crippen molar-refractivity contribution in [3.05, 3.63) is 77.9 Å². The quantitative estimate of drug-likeness (QED) is 0.245. The number of nitrogens with one attached hydrogen (secondary N) is 2. The fraction of sp³-hybridized carbons (Fsp3) is 0.448. The van der Waals surface area contributed by atoms with Gasteiger partial charge in [-0.25, -0.2) is 5.43 Å². The van der Waals surface area contributed by atoms with Crippen LogP contribution in [-0.2, 0) is 20.7 Å². The van der Waals surface area contributed by atoms with Gasteiger partial charge in [-0.05, 0) is 57.1 Å². The molecule has 1 amide bonds. The van der Waals surface area contributed by atoms with Gasteiger partial charge in [0.1, 0.15) is 5.60 Å². The molecule has 5 heteroatoms. The molecule has 0 heterocycles. The Labute approximate surface area is 205 Å². The predicted molar refractivity (Wildman–Crippen MR) is 139 cm³/mol. The highest BCUT2D eigenvalue weighted by Crippen LogP contribution is 2.28. The summed E-state index contributed by atoms with van der Waals surface area (Å²) >= 11 is 0. The number of ether oxygens (including phenoxy) is 1. The fourth-order valence-corrected chi connectivity index (χ4v) is 3.77. The van der Waals surface area contributed by atoms with Crippen LogP contribution in [0.2, 0.25) is 0 Å². The second-order valence-corrected chi connectivity index (χ2v) is 10.1. The lowest BCUT2D eigenvalue weighted by atomic mass is 9.82. The summed E-state index contributed by atoms with van der Waals surface area (Å²) in [6.45, 7) is 10.3. The molecule has 184 valence electrons. The van der Waals surface area contributed by atoms with Crippen molar-refractivity contribution in [3.63, 3.8) is 0 Å². The Morgan fingerprint density at radius 2 is 1.56 bits per heavy atom. The summed E-state index contributed by atoms with van der Waals surface area (Å²) in [4.78, 5) is 26.4. The molecule has 0 aliphatic heterocycles. The van der Waals surface area contributed by atoms with Gasteiger partial charge in [0.05, 0.1) is 11.8 Å². The van der Waals surface area contributed by atoms with Gasteiger partial charge in [0, 0.05) is 6.54 Å². The van der Waals surface area contributed by atoms with E-state index >= 15 is 0 Å². The molecular weight excluding hydrogens is 424 g/mol. The normalized spacial score (nSPS) is 13.6. The van der Waals surface area contributed by atoms with E-state index in [-0.39, 0.29) is 17.8 Å². The Balaban J connectivity index is 2.11. The zero-order chi connectivity index (χ0) is 25.0. The zero-order valence-electron chi connectivity index (χ0n) is 21.2. The van der Waals surface area contributed by atoms with Crippen LogP contribution in [-0.4, -0.2) is 24.0 Å². The molecule has 5 nitrogen and oxygen atoms in total. The summed E-state index contributed by atoms with van der Waals surface area (Å²) in [7, 11) is 0. The number of hydrogen-bond donors (Lipinski definition) is 2. The first-order valence-corrected chi connectivity index (χ1v) is 12.2. The molecule has 2 aromatic rings. The van der Waals surface area contributed by atoms with Crippen LogP contribution in [0.1, 0.15) is 58.6 Å². The number of amides is 1. The van der Waals surface area contributed by atoms with Crippen molar-refractivity contribution in [2.45, 2.75) is 59.5 Å². The van der Waals surface area contributed by atoms with Gasteiger partial charge in [-0.3, -0.25) is 15.0 Å². The first kappa shape index (κ1) is 27.3. The Morgan fingerprint density at radius 3 is 2.15 bits per heavy atom. The van der Waals surface area contributed by atoms with Gasteiger partial charge in [0.15, 0.2) is 0 Å². The molecule has 0 bridgehead atoms. The maximum absolute atomic E-state index is 13.2. The molecule has 2 atom stereocenters. The van der Waals surface area contributed by atoms with Crippen LogP contribution in [0, 0.1) is 17.8 Å². The molecule has 0 saturated heterocycles. The van der Waals surface area contributed by atoms with Crippen molar-refractivity contribution in [2.24, 2.45) is 17.8 Å². The first-order valence-electron chi connectivity index (χ1n) is 12.2. The van der Waals surface area contributed by atoms with Crippen LogP contribution in [0.5, 0.6) is 0 Å². The van der Waals surface area contributed by atoms with E-state index in [1.165, 1.54) is 5.56 Å². The number of benzene rings is 2. The maximum atomic E-state index is 13.2. The van der Waals surface area contributed by atoms with Crippen LogP contribution >= 0.6 is 0 Å². The lowest BCUT2D eigenvalue weighted by Gasteiger charge is -2.29. The van der Waals surface area contributed by atoms with Crippen LogP contribution in [0.4, 0.5) is 0 Å². The molecule has 2 rings (SSSR count). The van der Waals surface area contributed by atoms with Crippen molar-refractivity contribution in [2.75, 3.05) is 6.54 Å². The third-order valence-electron chi connectivity index (χ3n) is 5.35. The fourth-order valence-electron chi connectivity index (χ4n) is 3.77.